The number of carbonyl (C=O) groups is 1. The lowest BCUT2D eigenvalue weighted by atomic mass is 10.0. The molecule has 1 aromatic heterocycles. The molecule has 0 saturated carbocycles. The summed E-state index contributed by atoms with van der Waals surface area (Å²) in [5, 5.41) is 6.10. The van der Waals surface area contributed by atoms with Crippen molar-refractivity contribution in [3.63, 3.8) is 0 Å². The van der Waals surface area contributed by atoms with Gasteiger partial charge in [-0.05, 0) is 41.3 Å². The van der Waals surface area contributed by atoms with Crippen LogP contribution in [0.15, 0.2) is 71.2 Å². The number of halogens is 1. The Morgan fingerprint density at radius 1 is 1.23 bits per heavy atom. The van der Waals surface area contributed by atoms with Gasteiger partial charge in [0.15, 0.2) is 6.10 Å². The van der Waals surface area contributed by atoms with E-state index in [2.05, 4.69) is 5.16 Å². The second-order valence-electron chi connectivity index (χ2n) is 6.96. The minimum atomic E-state index is -0.324. The first kappa shape index (κ1) is 20.1. The van der Waals surface area contributed by atoms with Crippen LogP contribution in [0.3, 0.4) is 0 Å². The normalized spacial score (nSPS) is 15.4. The summed E-state index contributed by atoms with van der Waals surface area (Å²) in [4.78, 5) is 21.0. The van der Waals surface area contributed by atoms with Gasteiger partial charge in [0.2, 0.25) is 0 Å². The molecule has 2 aromatic carbocycles. The summed E-state index contributed by atoms with van der Waals surface area (Å²) < 4.78 is 19.1. The molecule has 1 atom stereocenters. The summed E-state index contributed by atoms with van der Waals surface area (Å²) in [6, 6.07) is 17.6. The third kappa shape index (κ3) is 4.52. The minimum absolute atomic E-state index is 0.108. The van der Waals surface area contributed by atoms with Crippen LogP contribution in [0.5, 0.6) is 5.75 Å². The zero-order valence-corrected chi connectivity index (χ0v) is 17.3. The zero-order chi connectivity index (χ0) is 20.9. The third-order valence-corrected chi connectivity index (χ3v) is 5.71. The summed E-state index contributed by atoms with van der Waals surface area (Å²) in [7, 11) is 1.62. The number of rotatable bonds is 7. The number of amides is 1. The Morgan fingerprint density at radius 3 is 2.87 bits per heavy atom. The average Bonchev–Trinajstić information content (AvgIpc) is 3.45. The lowest BCUT2D eigenvalue weighted by molar-refractivity contribution is 0.0408. The first-order chi connectivity index (χ1) is 14.6. The summed E-state index contributed by atoms with van der Waals surface area (Å²) in [6.07, 6.45) is 0.264. The van der Waals surface area contributed by atoms with Gasteiger partial charge in [-0.2, -0.15) is 0 Å². The molecule has 154 valence electrons. The molecule has 30 heavy (non-hydrogen) atoms. The maximum absolute atomic E-state index is 13.7. The summed E-state index contributed by atoms with van der Waals surface area (Å²) >= 11 is 1.38. The van der Waals surface area contributed by atoms with Gasteiger partial charge < -0.3 is 14.5 Å². The fourth-order valence-electron chi connectivity index (χ4n) is 3.45. The molecular weight excluding hydrogens is 403 g/mol. The minimum Gasteiger partial charge on any atom is -0.496 e. The third-order valence-electron chi connectivity index (χ3n) is 4.86. The topological polar surface area (TPSA) is 51.1 Å². The predicted molar refractivity (Wildman–Crippen MR) is 114 cm³/mol. The standard InChI is InChI=1S/C23H21FN2O3S/c1-28-21-9-3-2-8-19(21)20-13-18(29-25-20)15-26(23(27)22-10-5-11-30-22)14-16-6-4-7-17(24)12-16/h2-12,18H,13-15H2,1H3. The van der Waals surface area contributed by atoms with Gasteiger partial charge in [-0.3, -0.25) is 4.79 Å². The predicted octanol–water partition coefficient (Wildman–Crippen LogP) is 4.73. The molecule has 1 unspecified atom stereocenters. The van der Waals surface area contributed by atoms with Crippen molar-refractivity contribution in [1.82, 2.24) is 4.90 Å². The first-order valence-corrected chi connectivity index (χ1v) is 10.5. The molecule has 1 amide bonds. The van der Waals surface area contributed by atoms with E-state index >= 15 is 0 Å². The number of para-hydroxylation sites is 1. The van der Waals surface area contributed by atoms with Crippen LogP contribution in [-0.4, -0.2) is 36.3 Å². The lowest BCUT2D eigenvalue weighted by Gasteiger charge is -2.24. The second kappa shape index (κ2) is 9.09. The van der Waals surface area contributed by atoms with Crippen LogP contribution in [-0.2, 0) is 11.4 Å². The number of methoxy groups -OCH3 is 1. The highest BCUT2D eigenvalue weighted by Gasteiger charge is 2.28. The van der Waals surface area contributed by atoms with E-state index in [1.165, 1.54) is 23.5 Å². The molecule has 0 N–H and O–H groups in total. The smallest absolute Gasteiger partial charge is 0.264 e. The van der Waals surface area contributed by atoms with Crippen LogP contribution in [0.2, 0.25) is 0 Å². The first-order valence-electron chi connectivity index (χ1n) is 9.57. The molecule has 0 aliphatic carbocycles. The monoisotopic (exact) mass is 424 g/mol. The molecule has 4 rings (SSSR count). The largest absolute Gasteiger partial charge is 0.496 e. The Labute approximate surface area is 178 Å². The fourth-order valence-corrected chi connectivity index (χ4v) is 4.14. The van der Waals surface area contributed by atoms with Crippen molar-refractivity contribution in [2.75, 3.05) is 13.7 Å². The Morgan fingerprint density at radius 2 is 2.10 bits per heavy atom. The number of hydrogen-bond donors (Lipinski definition) is 0. The van der Waals surface area contributed by atoms with Gasteiger partial charge in [0, 0.05) is 18.5 Å². The van der Waals surface area contributed by atoms with E-state index in [1.54, 1.807) is 24.1 Å². The molecule has 0 fully saturated rings. The SMILES string of the molecule is COc1ccccc1C1=NOC(CN(Cc2cccc(F)c2)C(=O)c2cccs2)C1. The van der Waals surface area contributed by atoms with Crippen molar-refractivity contribution >= 4 is 23.0 Å². The van der Waals surface area contributed by atoms with Gasteiger partial charge in [0.1, 0.15) is 11.6 Å². The van der Waals surface area contributed by atoms with Crippen LogP contribution < -0.4 is 4.74 Å². The number of benzene rings is 2. The van der Waals surface area contributed by atoms with Gasteiger partial charge in [0.05, 0.1) is 24.2 Å². The highest BCUT2D eigenvalue weighted by molar-refractivity contribution is 7.12. The second-order valence-corrected chi connectivity index (χ2v) is 7.91. The van der Waals surface area contributed by atoms with Gasteiger partial charge in [-0.1, -0.05) is 35.5 Å². The van der Waals surface area contributed by atoms with E-state index in [-0.39, 0.29) is 17.8 Å². The van der Waals surface area contributed by atoms with Gasteiger partial charge >= 0.3 is 0 Å². The number of nitrogens with zero attached hydrogens (tertiary/aromatic N) is 2. The van der Waals surface area contributed by atoms with Crippen molar-refractivity contribution < 1.29 is 18.8 Å². The van der Waals surface area contributed by atoms with E-state index < -0.39 is 0 Å². The molecular formula is C23H21FN2O3S. The van der Waals surface area contributed by atoms with Crippen LogP contribution >= 0.6 is 11.3 Å². The summed E-state index contributed by atoms with van der Waals surface area (Å²) in [6.45, 7) is 0.633. The average molecular weight is 424 g/mol. The summed E-state index contributed by atoms with van der Waals surface area (Å²) in [5.74, 6) is 0.297. The number of hydrogen-bond acceptors (Lipinski definition) is 5. The van der Waals surface area contributed by atoms with Crippen LogP contribution in [0.1, 0.15) is 27.2 Å². The molecule has 1 aliphatic rings. The number of carbonyl (C=O) groups excluding carboxylic acids is 1. The lowest BCUT2D eigenvalue weighted by Crippen LogP contribution is -2.37. The van der Waals surface area contributed by atoms with Gasteiger partial charge in [0.25, 0.3) is 5.91 Å². The van der Waals surface area contributed by atoms with Crippen LogP contribution in [0.25, 0.3) is 0 Å². The van der Waals surface area contributed by atoms with Crippen LogP contribution in [0, 0.1) is 5.82 Å². The molecule has 0 saturated heterocycles. The highest BCUT2D eigenvalue weighted by Crippen LogP contribution is 2.26. The van der Waals surface area contributed by atoms with E-state index in [0.29, 0.717) is 24.4 Å². The molecule has 3 aromatic rings. The molecule has 0 bridgehead atoms. The summed E-state index contributed by atoms with van der Waals surface area (Å²) in [5.41, 5.74) is 2.39. The Bertz CT molecular complexity index is 1050. The Hall–Kier alpha value is -3.19. The molecule has 5 nitrogen and oxygen atoms in total. The van der Waals surface area contributed by atoms with Crippen molar-refractivity contribution in [2.45, 2.75) is 19.1 Å². The van der Waals surface area contributed by atoms with Gasteiger partial charge in [-0.15, -0.1) is 11.3 Å². The quantitative estimate of drug-likeness (QED) is 0.551. The van der Waals surface area contributed by atoms with Crippen molar-refractivity contribution in [1.29, 1.82) is 0 Å². The highest BCUT2D eigenvalue weighted by atomic mass is 32.1. The Kier molecular flexibility index (Phi) is 6.09. The zero-order valence-electron chi connectivity index (χ0n) is 16.5. The van der Waals surface area contributed by atoms with E-state index in [9.17, 15) is 9.18 Å². The van der Waals surface area contributed by atoms with Crippen molar-refractivity contribution in [3.8, 4) is 5.75 Å². The van der Waals surface area contributed by atoms with Crippen molar-refractivity contribution in [3.05, 3.63) is 87.9 Å². The molecule has 7 heteroatoms. The molecule has 0 spiro atoms. The molecule has 2 heterocycles. The van der Waals surface area contributed by atoms with E-state index in [4.69, 9.17) is 9.57 Å². The van der Waals surface area contributed by atoms with E-state index in [1.807, 2.05) is 41.8 Å². The number of oxime groups is 1. The van der Waals surface area contributed by atoms with Gasteiger partial charge in [-0.25, -0.2) is 4.39 Å². The van der Waals surface area contributed by atoms with Crippen molar-refractivity contribution in [2.24, 2.45) is 5.16 Å². The fraction of sp³-hybridized carbons (Fsp3) is 0.217. The van der Waals surface area contributed by atoms with E-state index in [0.717, 1.165) is 22.6 Å². The maximum atomic E-state index is 13.7. The Balaban J connectivity index is 1.50. The molecule has 1 aliphatic heterocycles. The van der Waals surface area contributed by atoms with Crippen LogP contribution in [0.4, 0.5) is 4.39 Å². The number of ether oxygens (including phenoxy) is 1. The number of thiophene rings is 1. The maximum Gasteiger partial charge on any atom is 0.264 e. The molecule has 0 radical (unpaired) electrons.